The van der Waals surface area contributed by atoms with E-state index >= 15 is 0 Å². The number of carbonyl (C=O) groups is 2. The second-order valence-electron chi connectivity index (χ2n) is 8.52. The third kappa shape index (κ3) is 6.61. The number of aromatic nitrogens is 2. The fraction of sp³-hybridized carbons (Fsp3) is 0.207. The molecule has 0 aliphatic heterocycles. The molecule has 3 aromatic carbocycles. The van der Waals surface area contributed by atoms with Crippen molar-refractivity contribution in [2.45, 2.75) is 26.2 Å². The van der Waals surface area contributed by atoms with E-state index in [9.17, 15) is 9.59 Å². The van der Waals surface area contributed by atoms with Crippen LogP contribution in [0, 0.1) is 0 Å². The molecule has 0 saturated heterocycles. The van der Waals surface area contributed by atoms with Crippen LogP contribution in [0.15, 0.2) is 91.0 Å². The summed E-state index contributed by atoms with van der Waals surface area (Å²) in [6.07, 6.45) is 1.77. The number of halogens is 1. The van der Waals surface area contributed by atoms with Crippen molar-refractivity contribution in [3.8, 4) is 16.9 Å². The first-order valence-corrected chi connectivity index (χ1v) is 12.4. The number of anilines is 1. The summed E-state index contributed by atoms with van der Waals surface area (Å²) in [5.41, 5.74) is 3.53. The van der Waals surface area contributed by atoms with E-state index in [-0.39, 0.29) is 18.4 Å². The van der Waals surface area contributed by atoms with Gasteiger partial charge in [0.25, 0.3) is 0 Å². The smallest absolute Gasteiger partial charge is 0.245 e. The highest BCUT2D eigenvalue weighted by molar-refractivity contribution is 6.30. The Balaban J connectivity index is 1.51. The number of aryl methyl sites for hydroxylation is 1. The topological polar surface area (TPSA) is 67.2 Å². The molecule has 184 valence electrons. The van der Waals surface area contributed by atoms with Gasteiger partial charge in [0.1, 0.15) is 5.82 Å². The van der Waals surface area contributed by atoms with E-state index in [0.29, 0.717) is 30.2 Å². The molecular weight excluding hydrogens is 472 g/mol. The van der Waals surface area contributed by atoms with Crippen molar-refractivity contribution in [2.24, 2.45) is 0 Å². The lowest BCUT2D eigenvalue weighted by molar-refractivity contribution is -0.134. The van der Waals surface area contributed by atoms with Gasteiger partial charge in [0, 0.05) is 29.6 Å². The Morgan fingerprint density at radius 2 is 1.61 bits per heavy atom. The highest BCUT2D eigenvalue weighted by Gasteiger charge is 2.19. The summed E-state index contributed by atoms with van der Waals surface area (Å²) in [4.78, 5) is 27.6. The van der Waals surface area contributed by atoms with Gasteiger partial charge < -0.3 is 10.2 Å². The number of hydrogen-bond donors (Lipinski definition) is 1. The van der Waals surface area contributed by atoms with Crippen LogP contribution in [0.25, 0.3) is 16.9 Å². The van der Waals surface area contributed by atoms with Crippen molar-refractivity contribution < 1.29 is 9.59 Å². The number of benzene rings is 3. The molecule has 6 nitrogen and oxygen atoms in total. The molecule has 2 amide bonds. The van der Waals surface area contributed by atoms with E-state index in [1.54, 1.807) is 21.7 Å². The van der Waals surface area contributed by atoms with Crippen LogP contribution in [0.4, 0.5) is 5.82 Å². The lowest BCUT2D eigenvalue weighted by Crippen LogP contribution is -2.38. The third-order valence-electron chi connectivity index (χ3n) is 5.77. The van der Waals surface area contributed by atoms with Crippen molar-refractivity contribution in [2.75, 3.05) is 18.4 Å². The maximum atomic E-state index is 13.1. The molecule has 0 atom stereocenters. The van der Waals surface area contributed by atoms with E-state index in [0.717, 1.165) is 28.9 Å². The van der Waals surface area contributed by atoms with Crippen LogP contribution in [0.3, 0.4) is 0 Å². The van der Waals surface area contributed by atoms with E-state index < -0.39 is 0 Å². The molecule has 0 saturated carbocycles. The summed E-state index contributed by atoms with van der Waals surface area (Å²) in [5.74, 6) is 0.215. The molecule has 36 heavy (non-hydrogen) atoms. The Hall–Kier alpha value is -3.90. The molecule has 1 N–H and O–H groups in total. The lowest BCUT2D eigenvalue weighted by atomic mass is 10.1. The van der Waals surface area contributed by atoms with Gasteiger partial charge in [-0.25, -0.2) is 4.68 Å². The predicted octanol–water partition coefficient (Wildman–Crippen LogP) is 6.00. The van der Waals surface area contributed by atoms with E-state index in [1.165, 1.54) is 0 Å². The van der Waals surface area contributed by atoms with Gasteiger partial charge in [-0.05, 0) is 42.7 Å². The number of amides is 2. The van der Waals surface area contributed by atoms with Crippen LogP contribution in [0.1, 0.15) is 25.3 Å². The molecule has 0 bridgehead atoms. The van der Waals surface area contributed by atoms with Crippen molar-refractivity contribution in [1.29, 1.82) is 0 Å². The molecule has 4 rings (SSSR count). The van der Waals surface area contributed by atoms with Gasteiger partial charge in [-0.2, -0.15) is 5.10 Å². The van der Waals surface area contributed by atoms with Crippen LogP contribution in [-0.4, -0.2) is 39.6 Å². The normalized spacial score (nSPS) is 10.7. The summed E-state index contributed by atoms with van der Waals surface area (Å²) < 4.78 is 1.68. The van der Waals surface area contributed by atoms with Crippen molar-refractivity contribution in [3.05, 3.63) is 102 Å². The molecule has 1 aromatic heterocycles. The summed E-state index contributed by atoms with van der Waals surface area (Å²) in [6, 6.07) is 28.7. The number of nitrogens with zero attached hydrogens (tertiary/aromatic N) is 3. The summed E-state index contributed by atoms with van der Waals surface area (Å²) >= 11 is 6.07. The zero-order chi connectivity index (χ0) is 25.3. The molecule has 7 heteroatoms. The third-order valence-corrected chi connectivity index (χ3v) is 6.02. The summed E-state index contributed by atoms with van der Waals surface area (Å²) in [7, 11) is 0. The van der Waals surface area contributed by atoms with Crippen LogP contribution in [0.2, 0.25) is 5.02 Å². The monoisotopic (exact) mass is 500 g/mol. The van der Waals surface area contributed by atoms with Gasteiger partial charge in [-0.15, -0.1) is 0 Å². The van der Waals surface area contributed by atoms with Gasteiger partial charge >= 0.3 is 0 Å². The molecule has 4 aromatic rings. The molecule has 1 heterocycles. The molecule has 0 spiro atoms. The SMILES string of the molecule is CCCN(CC(=O)Nc1cc(-c2ccccc2)nn1-c1ccc(Cl)cc1)C(=O)CCc1ccccc1. The van der Waals surface area contributed by atoms with Crippen molar-refractivity contribution in [1.82, 2.24) is 14.7 Å². The second-order valence-corrected chi connectivity index (χ2v) is 8.95. The number of nitrogens with one attached hydrogen (secondary N) is 1. The average Bonchev–Trinajstić information content (AvgIpc) is 3.32. The molecular formula is C29H29ClN4O2. The Labute approximate surface area is 216 Å². The largest absolute Gasteiger partial charge is 0.333 e. The minimum absolute atomic E-state index is 0.0199. The van der Waals surface area contributed by atoms with E-state index in [2.05, 4.69) is 5.32 Å². The Bertz CT molecular complexity index is 1290. The fourth-order valence-electron chi connectivity index (χ4n) is 3.97. The molecule has 0 unspecified atom stereocenters. The minimum atomic E-state index is -0.272. The number of carbonyl (C=O) groups excluding carboxylic acids is 2. The standard InChI is InChI=1S/C29H29ClN4O2/c1-2-19-33(29(36)18-13-22-9-5-3-6-10-22)21-28(35)31-27-20-26(23-11-7-4-8-12-23)32-34(27)25-16-14-24(30)15-17-25/h3-12,14-17,20H,2,13,18-19,21H2,1H3,(H,31,35). The van der Waals surface area contributed by atoms with Gasteiger partial charge in [0.05, 0.1) is 17.9 Å². The minimum Gasteiger partial charge on any atom is -0.333 e. The highest BCUT2D eigenvalue weighted by Crippen LogP contribution is 2.25. The van der Waals surface area contributed by atoms with Gasteiger partial charge in [-0.1, -0.05) is 79.2 Å². The van der Waals surface area contributed by atoms with Gasteiger partial charge in [-0.3, -0.25) is 9.59 Å². The van der Waals surface area contributed by atoms with Crippen LogP contribution >= 0.6 is 11.6 Å². The zero-order valence-electron chi connectivity index (χ0n) is 20.2. The van der Waals surface area contributed by atoms with Crippen LogP contribution in [0.5, 0.6) is 0 Å². The van der Waals surface area contributed by atoms with Gasteiger partial charge in [0.2, 0.25) is 11.8 Å². The fourth-order valence-corrected chi connectivity index (χ4v) is 4.10. The van der Waals surface area contributed by atoms with E-state index in [1.807, 2.05) is 85.8 Å². The Kier molecular flexibility index (Phi) is 8.53. The predicted molar refractivity (Wildman–Crippen MR) is 144 cm³/mol. The quantitative estimate of drug-likeness (QED) is 0.290. The maximum Gasteiger partial charge on any atom is 0.245 e. The first-order chi connectivity index (χ1) is 17.5. The Morgan fingerprint density at radius 3 is 2.28 bits per heavy atom. The summed E-state index contributed by atoms with van der Waals surface area (Å²) in [5, 5.41) is 8.31. The average molecular weight is 501 g/mol. The van der Waals surface area contributed by atoms with Crippen molar-refractivity contribution >= 4 is 29.2 Å². The second kappa shape index (κ2) is 12.2. The van der Waals surface area contributed by atoms with Crippen molar-refractivity contribution in [3.63, 3.8) is 0 Å². The molecule has 0 fully saturated rings. The molecule has 0 aliphatic rings. The first-order valence-electron chi connectivity index (χ1n) is 12.1. The zero-order valence-corrected chi connectivity index (χ0v) is 21.0. The maximum absolute atomic E-state index is 13.1. The van der Waals surface area contributed by atoms with Gasteiger partial charge in [0.15, 0.2) is 0 Å². The molecule has 0 radical (unpaired) electrons. The van der Waals surface area contributed by atoms with E-state index in [4.69, 9.17) is 16.7 Å². The number of rotatable bonds is 10. The van der Waals surface area contributed by atoms with Crippen LogP contribution < -0.4 is 5.32 Å². The Morgan fingerprint density at radius 1 is 0.944 bits per heavy atom. The highest BCUT2D eigenvalue weighted by atomic mass is 35.5. The summed E-state index contributed by atoms with van der Waals surface area (Å²) in [6.45, 7) is 2.50. The lowest BCUT2D eigenvalue weighted by Gasteiger charge is -2.22. The first kappa shape index (κ1) is 25.2. The van der Waals surface area contributed by atoms with Crippen LogP contribution in [-0.2, 0) is 16.0 Å². The molecule has 0 aliphatic carbocycles. The number of hydrogen-bond acceptors (Lipinski definition) is 3.